The first-order valence-electron chi connectivity index (χ1n) is 4.90. The highest BCUT2D eigenvalue weighted by Gasteiger charge is 2.12. The summed E-state index contributed by atoms with van der Waals surface area (Å²) < 4.78 is 0. The van der Waals surface area contributed by atoms with Crippen molar-refractivity contribution in [2.24, 2.45) is 0 Å². The number of hydrogen-bond acceptors (Lipinski definition) is 2. The van der Waals surface area contributed by atoms with Crippen LogP contribution in [-0.4, -0.2) is 24.1 Å². The lowest BCUT2D eigenvalue weighted by Gasteiger charge is -2.09. The summed E-state index contributed by atoms with van der Waals surface area (Å²) in [6, 6.07) is 6.98. The average molecular weight is 221 g/mol. The van der Waals surface area contributed by atoms with Crippen molar-refractivity contribution in [3.63, 3.8) is 0 Å². The normalized spacial score (nSPS) is 11.6. The average Bonchev–Trinajstić information content (AvgIpc) is 2.28. The summed E-state index contributed by atoms with van der Waals surface area (Å²) in [6.45, 7) is 1.64. The van der Waals surface area contributed by atoms with Gasteiger partial charge in [-0.05, 0) is 24.6 Å². The van der Waals surface area contributed by atoms with E-state index in [1.54, 1.807) is 38.2 Å². The van der Waals surface area contributed by atoms with Gasteiger partial charge in [0.1, 0.15) is 0 Å². The lowest BCUT2D eigenvalue weighted by molar-refractivity contribution is -0.138. The summed E-state index contributed by atoms with van der Waals surface area (Å²) in [6.07, 6.45) is 0. The number of carbonyl (C=O) groups is 1. The van der Waals surface area contributed by atoms with Crippen molar-refractivity contribution in [3.8, 4) is 0 Å². The molecule has 0 saturated heterocycles. The van der Waals surface area contributed by atoms with Gasteiger partial charge in [-0.1, -0.05) is 12.1 Å². The Balaban J connectivity index is 2.75. The van der Waals surface area contributed by atoms with E-state index in [4.69, 9.17) is 10.5 Å². The van der Waals surface area contributed by atoms with Crippen LogP contribution in [0.3, 0.4) is 0 Å². The van der Waals surface area contributed by atoms with E-state index in [1.165, 1.54) is 0 Å². The Morgan fingerprint density at radius 1 is 1.38 bits per heavy atom. The Hall–Kier alpha value is -2.04. The van der Waals surface area contributed by atoms with E-state index >= 15 is 0 Å². The number of anilines is 1. The molecule has 0 bridgehead atoms. The zero-order valence-electron chi connectivity index (χ0n) is 9.24. The molecule has 1 rings (SSSR count). The van der Waals surface area contributed by atoms with Crippen LogP contribution in [0.1, 0.15) is 18.4 Å². The lowest BCUT2D eigenvalue weighted by atomic mass is 10.0. The maximum Gasteiger partial charge on any atom is 0.310 e. The van der Waals surface area contributed by atoms with E-state index in [0.717, 1.165) is 11.3 Å². The third kappa shape index (κ3) is 2.98. The second-order valence-corrected chi connectivity index (χ2v) is 3.43. The van der Waals surface area contributed by atoms with Gasteiger partial charge in [-0.15, -0.1) is 0 Å². The summed E-state index contributed by atoms with van der Waals surface area (Å²) in [4.78, 5) is 10.7. The lowest BCUT2D eigenvalue weighted by Crippen LogP contribution is -2.25. The fraction of sp³-hybridized carbons (Fsp3) is 0.273. The molecule has 0 amide bonds. The molecular weight excluding hydrogens is 206 g/mol. The van der Waals surface area contributed by atoms with Gasteiger partial charge in [0.15, 0.2) is 5.96 Å². The van der Waals surface area contributed by atoms with Gasteiger partial charge in [0.2, 0.25) is 0 Å². The molecule has 1 unspecified atom stereocenters. The summed E-state index contributed by atoms with van der Waals surface area (Å²) in [5, 5.41) is 21.7. The summed E-state index contributed by atoms with van der Waals surface area (Å²) in [5.74, 6) is -1.17. The molecule has 1 aromatic carbocycles. The molecule has 0 radical (unpaired) electrons. The standard InChI is InChI=1S/C11H15N3O2/c1-7(10(15)16)8-3-5-9(6-4-8)14-11(12)13-2/h3-7H,1-2H3,(H,15,16)(H3,12,13,14). The topological polar surface area (TPSA) is 85.2 Å². The van der Waals surface area contributed by atoms with Crippen LogP contribution in [0.15, 0.2) is 24.3 Å². The van der Waals surface area contributed by atoms with Crippen molar-refractivity contribution in [2.75, 3.05) is 12.4 Å². The minimum Gasteiger partial charge on any atom is -0.481 e. The highest BCUT2D eigenvalue weighted by atomic mass is 16.4. The molecule has 1 aromatic rings. The highest BCUT2D eigenvalue weighted by Crippen LogP contribution is 2.17. The predicted molar refractivity (Wildman–Crippen MR) is 62.9 cm³/mol. The summed E-state index contributed by atoms with van der Waals surface area (Å²) in [5.41, 5.74) is 1.50. The van der Waals surface area contributed by atoms with Gasteiger partial charge in [0, 0.05) is 12.7 Å². The van der Waals surface area contributed by atoms with E-state index in [1.807, 2.05) is 0 Å². The number of rotatable bonds is 3. The van der Waals surface area contributed by atoms with E-state index in [9.17, 15) is 4.79 Å². The number of hydrogen-bond donors (Lipinski definition) is 4. The van der Waals surface area contributed by atoms with E-state index in [2.05, 4.69) is 10.6 Å². The molecule has 0 aliphatic heterocycles. The van der Waals surface area contributed by atoms with Crippen LogP contribution in [-0.2, 0) is 4.79 Å². The van der Waals surface area contributed by atoms with Crippen molar-refractivity contribution in [1.29, 1.82) is 5.41 Å². The van der Waals surface area contributed by atoms with Crippen LogP contribution in [0.2, 0.25) is 0 Å². The predicted octanol–water partition coefficient (Wildman–Crippen LogP) is 1.44. The Morgan fingerprint density at radius 3 is 2.38 bits per heavy atom. The number of carboxylic acids is 1. The molecule has 0 aliphatic rings. The van der Waals surface area contributed by atoms with E-state index < -0.39 is 11.9 Å². The first-order valence-corrected chi connectivity index (χ1v) is 4.90. The number of nitrogens with one attached hydrogen (secondary N) is 3. The maximum atomic E-state index is 10.7. The van der Waals surface area contributed by atoms with Crippen LogP contribution < -0.4 is 10.6 Å². The largest absolute Gasteiger partial charge is 0.481 e. The van der Waals surface area contributed by atoms with Gasteiger partial charge in [-0.2, -0.15) is 0 Å². The van der Waals surface area contributed by atoms with Crippen LogP contribution in [0.4, 0.5) is 5.69 Å². The van der Waals surface area contributed by atoms with Gasteiger partial charge < -0.3 is 15.7 Å². The van der Waals surface area contributed by atoms with Gasteiger partial charge in [-0.3, -0.25) is 10.2 Å². The third-order valence-corrected chi connectivity index (χ3v) is 2.30. The molecule has 86 valence electrons. The molecule has 0 aliphatic carbocycles. The first-order chi connectivity index (χ1) is 7.54. The van der Waals surface area contributed by atoms with Crippen LogP contribution >= 0.6 is 0 Å². The van der Waals surface area contributed by atoms with Gasteiger partial charge in [0.05, 0.1) is 5.92 Å². The second-order valence-electron chi connectivity index (χ2n) is 3.43. The van der Waals surface area contributed by atoms with Crippen LogP contribution in [0, 0.1) is 5.41 Å². The SMILES string of the molecule is CNC(=N)Nc1ccc(C(C)C(=O)O)cc1. The van der Waals surface area contributed by atoms with Gasteiger partial charge >= 0.3 is 5.97 Å². The number of benzene rings is 1. The van der Waals surface area contributed by atoms with Gasteiger partial charge in [-0.25, -0.2) is 0 Å². The Kier molecular flexibility index (Phi) is 3.88. The molecule has 5 nitrogen and oxygen atoms in total. The van der Waals surface area contributed by atoms with Crippen molar-refractivity contribution in [1.82, 2.24) is 5.32 Å². The maximum absolute atomic E-state index is 10.7. The number of guanidine groups is 1. The Bertz CT molecular complexity index is 387. The monoisotopic (exact) mass is 221 g/mol. The van der Waals surface area contributed by atoms with Gasteiger partial charge in [0.25, 0.3) is 0 Å². The van der Waals surface area contributed by atoms with Crippen molar-refractivity contribution in [3.05, 3.63) is 29.8 Å². The molecule has 1 atom stereocenters. The Morgan fingerprint density at radius 2 is 1.94 bits per heavy atom. The third-order valence-electron chi connectivity index (χ3n) is 2.30. The minimum absolute atomic E-state index is 0.194. The number of aliphatic carboxylic acids is 1. The van der Waals surface area contributed by atoms with Crippen molar-refractivity contribution >= 4 is 17.6 Å². The molecule has 0 spiro atoms. The quantitative estimate of drug-likeness (QED) is 0.459. The zero-order chi connectivity index (χ0) is 12.1. The molecule has 0 saturated carbocycles. The number of carboxylic acid groups (broad SMARTS) is 1. The van der Waals surface area contributed by atoms with Crippen LogP contribution in [0.25, 0.3) is 0 Å². The first kappa shape index (κ1) is 12.0. The molecular formula is C11H15N3O2. The summed E-state index contributed by atoms with van der Waals surface area (Å²) >= 11 is 0. The molecule has 0 fully saturated rings. The highest BCUT2D eigenvalue weighted by molar-refractivity contribution is 5.90. The minimum atomic E-state index is -0.844. The molecule has 0 heterocycles. The smallest absolute Gasteiger partial charge is 0.310 e. The van der Waals surface area contributed by atoms with Crippen molar-refractivity contribution in [2.45, 2.75) is 12.8 Å². The van der Waals surface area contributed by atoms with E-state index in [-0.39, 0.29) is 5.96 Å². The van der Waals surface area contributed by atoms with Crippen molar-refractivity contribution < 1.29 is 9.90 Å². The molecule has 0 aromatic heterocycles. The molecule has 5 heteroatoms. The summed E-state index contributed by atoms with van der Waals surface area (Å²) in [7, 11) is 1.65. The van der Waals surface area contributed by atoms with E-state index in [0.29, 0.717) is 0 Å². The fourth-order valence-corrected chi connectivity index (χ4v) is 1.20. The molecule has 4 N–H and O–H groups in total. The van der Waals surface area contributed by atoms with Crippen LogP contribution in [0.5, 0.6) is 0 Å². The Labute approximate surface area is 94.0 Å². The second kappa shape index (κ2) is 5.16. The molecule has 16 heavy (non-hydrogen) atoms. The zero-order valence-corrected chi connectivity index (χ0v) is 9.24. The fourth-order valence-electron chi connectivity index (χ4n) is 1.20.